The third kappa shape index (κ3) is 4.18. The highest BCUT2D eigenvalue weighted by Crippen LogP contribution is 2.39. The van der Waals surface area contributed by atoms with Gasteiger partial charge in [0.1, 0.15) is 18.0 Å². The molecule has 0 amide bonds. The molecule has 3 fully saturated rings. The molecular formula is C30H36N6O3. The van der Waals surface area contributed by atoms with Crippen LogP contribution in [0, 0.1) is 6.92 Å². The van der Waals surface area contributed by atoms with Crippen LogP contribution >= 0.6 is 0 Å². The zero-order valence-corrected chi connectivity index (χ0v) is 22.8. The summed E-state index contributed by atoms with van der Waals surface area (Å²) in [6.45, 7) is 7.17. The summed E-state index contributed by atoms with van der Waals surface area (Å²) >= 11 is 0. The van der Waals surface area contributed by atoms with Crippen LogP contribution in [-0.2, 0) is 0 Å². The van der Waals surface area contributed by atoms with Crippen LogP contribution in [0.3, 0.4) is 0 Å². The zero-order valence-electron chi connectivity index (χ0n) is 22.8. The molecule has 4 heterocycles. The summed E-state index contributed by atoms with van der Waals surface area (Å²) < 4.78 is 8.00. The van der Waals surface area contributed by atoms with E-state index in [9.17, 15) is 9.59 Å². The van der Waals surface area contributed by atoms with Crippen molar-refractivity contribution in [2.24, 2.45) is 0 Å². The molecule has 2 saturated carbocycles. The van der Waals surface area contributed by atoms with Crippen molar-refractivity contribution in [3.8, 4) is 5.75 Å². The van der Waals surface area contributed by atoms with Gasteiger partial charge in [0.15, 0.2) is 5.78 Å². The van der Waals surface area contributed by atoms with Crippen LogP contribution in [0.25, 0.3) is 11.0 Å². The molecule has 1 aromatic carbocycles. The van der Waals surface area contributed by atoms with Gasteiger partial charge in [-0.3, -0.25) is 19.1 Å². The molecule has 9 nitrogen and oxygen atoms in total. The first kappa shape index (κ1) is 24.6. The van der Waals surface area contributed by atoms with Gasteiger partial charge in [-0.05, 0) is 57.2 Å². The molecule has 2 aliphatic heterocycles. The molecule has 2 aliphatic carbocycles. The molecule has 0 unspecified atom stereocenters. The summed E-state index contributed by atoms with van der Waals surface area (Å²) in [5.41, 5.74) is 3.24. The summed E-state index contributed by atoms with van der Waals surface area (Å²) in [5.74, 6) is 1.08. The summed E-state index contributed by atoms with van der Waals surface area (Å²) in [6.07, 6.45) is 9.75. The van der Waals surface area contributed by atoms with E-state index in [1.807, 2.05) is 19.1 Å². The van der Waals surface area contributed by atoms with Crippen molar-refractivity contribution in [3.05, 3.63) is 45.9 Å². The minimum Gasteiger partial charge on any atom is -0.489 e. The van der Waals surface area contributed by atoms with E-state index >= 15 is 0 Å². The Morgan fingerprint density at radius 3 is 2.59 bits per heavy atom. The Kier molecular flexibility index (Phi) is 6.06. The number of ketones is 1. The number of aromatic nitrogens is 3. The van der Waals surface area contributed by atoms with Crippen LogP contribution in [0.2, 0.25) is 0 Å². The number of rotatable bonds is 5. The lowest BCUT2D eigenvalue weighted by Gasteiger charge is -2.49. The molecule has 0 radical (unpaired) electrons. The highest BCUT2D eigenvalue weighted by molar-refractivity contribution is 5.99. The number of benzene rings is 1. The molecule has 9 heteroatoms. The monoisotopic (exact) mass is 528 g/mol. The molecule has 2 aromatic heterocycles. The lowest BCUT2D eigenvalue weighted by atomic mass is 9.90. The second kappa shape index (κ2) is 9.62. The Labute approximate surface area is 228 Å². The maximum atomic E-state index is 13.5. The Hall–Kier alpha value is -3.46. The fourth-order valence-electron chi connectivity index (χ4n) is 6.99. The molecule has 7 rings (SSSR count). The zero-order chi connectivity index (χ0) is 26.7. The first-order chi connectivity index (χ1) is 19.0. The minimum absolute atomic E-state index is 0.0521. The number of nitrogens with zero attached hydrogens (tertiary/aromatic N) is 5. The van der Waals surface area contributed by atoms with E-state index < -0.39 is 0 Å². The van der Waals surface area contributed by atoms with Gasteiger partial charge < -0.3 is 15.0 Å². The van der Waals surface area contributed by atoms with E-state index in [0.717, 1.165) is 73.9 Å². The van der Waals surface area contributed by atoms with Gasteiger partial charge >= 0.3 is 0 Å². The van der Waals surface area contributed by atoms with E-state index in [1.165, 1.54) is 26.2 Å². The van der Waals surface area contributed by atoms with Crippen molar-refractivity contribution >= 4 is 34.1 Å². The second-order valence-electron chi connectivity index (χ2n) is 11.6. The van der Waals surface area contributed by atoms with Crippen LogP contribution < -0.4 is 20.5 Å². The van der Waals surface area contributed by atoms with Crippen LogP contribution in [-0.4, -0.2) is 63.5 Å². The van der Waals surface area contributed by atoms with Crippen molar-refractivity contribution in [2.45, 2.75) is 76.9 Å². The topological polar surface area (TPSA) is 92.6 Å². The molecule has 1 N–H and O–H groups in total. The number of ether oxygens (including phenoxy) is 1. The van der Waals surface area contributed by atoms with Crippen LogP contribution in [0.4, 0.5) is 17.3 Å². The lowest BCUT2D eigenvalue weighted by Crippen LogP contribution is -2.60. The van der Waals surface area contributed by atoms with Gasteiger partial charge in [-0.15, -0.1) is 0 Å². The molecule has 39 heavy (non-hydrogen) atoms. The standard InChI is InChI=1S/C30H36N6O3/c1-18-24-15-31-30(33-28(24)36(22-6-3-4-7-22)29(38)27(18)19(2)37)32-20-10-11-25-26(14-20)39-17-23-16-34(12-13-35(23)25)21-8-5-9-21/h10-11,14-15,21-23H,3-9,12-13,16-17H2,1-2H3,(H,31,32,33)/t23-/m0/s1. The molecule has 1 atom stereocenters. The highest BCUT2D eigenvalue weighted by Gasteiger charge is 2.36. The predicted molar refractivity (Wildman–Crippen MR) is 152 cm³/mol. The van der Waals surface area contributed by atoms with Crippen molar-refractivity contribution in [1.29, 1.82) is 0 Å². The van der Waals surface area contributed by atoms with Crippen molar-refractivity contribution in [1.82, 2.24) is 19.4 Å². The normalized spacial score (nSPS) is 21.8. The van der Waals surface area contributed by atoms with Gasteiger partial charge in [-0.2, -0.15) is 4.98 Å². The van der Waals surface area contributed by atoms with Crippen molar-refractivity contribution < 1.29 is 9.53 Å². The molecule has 4 aliphatic rings. The average molecular weight is 529 g/mol. The van der Waals surface area contributed by atoms with E-state index in [0.29, 0.717) is 29.8 Å². The van der Waals surface area contributed by atoms with Gasteiger partial charge in [0.2, 0.25) is 5.95 Å². The van der Waals surface area contributed by atoms with Gasteiger partial charge in [0.25, 0.3) is 5.56 Å². The Morgan fingerprint density at radius 2 is 1.85 bits per heavy atom. The van der Waals surface area contributed by atoms with Crippen molar-refractivity contribution in [3.63, 3.8) is 0 Å². The summed E-state index contributed by atoms with van der Waals surface area (Å²) in [6, 6.07) is 7.41. The minimum atomic E-state index is -0.238. The van der Waals surface area contributed by atoms with Crippen LogP contribution in [0.5, 0.6) is 5.75 Å². The Morgan fingerprint density at radius 1 is 1.05 bits per heavy atom. The molecule has 3 aromatic rings. The van der Waals surface area contributed by atoms with Crippen LogP contribution in [0.1, 0.15) is 73.8 Å². The lowest BCUT2D eigenvalue weighted by molar-refractivity contribution is 0.0862. The number of nitrogens with one attached hydrogen (secondary N) is 1. The molecule has 204 valence electrons. The third-order valence-corrected chi connectivity index (χ3v) is 9.31. The number of hydrogen-bond donors (Lipinski definition) is 1. The predicted octanol–water partition coefficient (Wildman–Crippen LogP) is 4.60. The smallest absolute Gasteiger partial charge is 0.263 e. The summed E-state index contributed by atoms with van der Waals surface area (Å²) in [4.78, 5) is 40.4. The van der Waals surface area contributed by atoms with Crippen molar-refractivity contribution in [2.75, 3.05) is 36.5 Å². The molecule has 0 bridgehead atoms. The number of aryl methyl sites for hydroxylation is 1. The number of hydrogen-bond acceptors (Lipinski definition) is 8. The van der Waals surface area contributed by atoms with E-state index in [1.54, 1.807) is 10.8 Å². The maximum Gasteiger partial charge on any atom is 0.263 e. The fourth-order valence-corrected chi connectivity index (χ4v) is 6.99. The third-order valence-electron chi connectivity index (χ3n) is 9.31. The summed E-state index contributed by atoms with van der Waals surface area (Å²) in [7, 11) is 0. The highest BCUT2D eigenvalue weighted by atomic mass is 16.5. The van der Waals surface area contributed by atoms with Gasteiger partial charge in [-0.1, -0.05) is 19.3 Å². The largest absolute Gasteiger partial charge is 0.489 e. The van der Waals surface area contributed by atoms with Gasteiger partial charge in [0, 0.05) is 55.1 Å². The van der Waals surface area contributed by atoms with E-state index in [2.05, 4.69) is 26.2 Å². The first-order valence-corrected chi connectivity index (χ1v) is 14.5. The average Bonchev–Trinajstić information content (AvgIpc) is 3.41. The fraction of sp³-hybridized carbons (Fsp3) is 0.533. The van der Waals surface area contributed by atoms with Gasteiger partial charge in [0.05, 0.1) is 17.3 Å². The molecule has 1 saturated heterocycles. The number of pyridine rings is 1. The number of piperazine rings is 1. The number of carbonyl (C=O) groups excluding carboxylic acids is 1. The SMILES string of the molecule is CC(=O)c1c(C)c2cnc(Nc3ccc4c(c3)OC[C@@H]3CN(C5CCC5)CCN43)nc2n(C2CCCC2)c1=O. The number of carbonyl (C=O) groups is 1. The Balaban J connectivity index is 1.18. The molecular weight excluding hydrogens is 492 g/mol. The second-order valence-corrected chi connectivity index (χ2v) is 11.6. The number of fused-ring (bicyclic) bond motifs is 4. The number of Topliss-reactive ketones (excluding diaryl/α,β-unsaturated/α-hetero) is 1. The quantitative estimate of drug-likeness (QED) is 0.481. The van der Waals surface area contributed by atoms with Crippen LogP contribution in [0.15, 0.2) is 29.2 Å². The van der Waals surface area contributed by atoms with E-state index in [-0.39, 0.29) is 22.9 Å². The maximum absolute atomic E-state index is 13.5. The Bertz CT molecular complexity index is 1510. The summed E-state index contributed by atoms with van der Waals surface area (Å²) in [5, 5.41) is 4.09. The first-order valence-electron chi connectivity index (χ1n) is 14.5. The van der Waals surface area contributed by atoms with Gasteiger partial charge in [-0.25, -0.2) is 4.98 Å². The van der Waals surface area contributed by atoms with E-state index in [4.69, 9.17) is 9.72 Å². The number of anilines is 3. The molecule has 0 spiro atoms.